The third kappa shape index (κ3) is 7.11. The Morgan fingerprint density at radius 3 is 2.09 bits per heavy atom. The standard InChI is InChI=1S/C35H49N3O4S/c1-6-32(34(40)36-21-24(2)3)37(22-26-9-7-8-25(4)14-26)33(39)23-38(43(5,41)42)31-12-10-30(11-13-31)35-18-27-15-28(19-35)17-29(16-27)20-35/h7-14,24,27-29,32H,6,15-23H2,1-5H3,(H,36,40)/t27?,28?,29?,32-,35?/m1/s1. The summed E-state index contributed by atoms with van der Waals surface area (Å²) in [4.78, 5) is 28.9. The third-order valence-corrected chi connectivity index (χ3v) is 11.1. The van der Waals surface area contributed by atoms with E-state index in [0.29, 0.717) is 18.7 Å². The largest absolute Gasteiger partial charge is 0.354 e. The van der Waals surface area contributed by atoms with Crippen LogP contribution in [0.1, 0.15) is 82.4 Å². The minimum Gasteiger partial charge on any atom is -0.354 e. The fourth-order valence-electron chi connectivity index (χ4n) is 8.41. The number of benzene rings is 2. The summed E-state index contributed by atoms with van der Waals surface area (Å²) in [5.41, 5.74) is 3.95. The SMILES string of the molecule is CC[C@H](C(=O)NCC(C)C)N(Cc1cccc(C)c1)C(=O)CN(c1ccc(C23CC4CC(CC(C4)C2)C3)cc1)S(C)(=O)=O. The zero-order valence-corrected chi connectivity index (χ0v) is 27.3. The van der Waals surface area contributed by atoms with Gasteiger partial charge in [0.15, 0.2) is 0 Å². The molecule has 2 aromatic carbocycles. The van der Waals surface area contributed by atoms with Crippen LogP contribution < -0.4 is 9.62 Å². The number of anilines is 1. The van der Waals surface area contributed by atoms with Gasteiger partial charge >= 0.3 is 0 Å². The Bertz CT molecular complexity index is 1380. The molecular weight excluding hydrogens is 558 g/mol. The number of hydrogen-bond acceptors (Lipinski definition) is 4. The van der Waals surface area contributed by atoms with Gasteiger partial charge in [0.25, 0.3) is 0 Å². The van der Waals surface area contributed by atoms with Crippen LogP contribution in [-0.2, 0) is 31.6 Å². The first kappa shape index (κ1) is 31.6. The molecule has 4 fully saturated rings. The van der Waals surface area contributed by atoms with Crippen molar-refractivity contribution in [3.8, 4) is 0 Å². The smallest absolute Gasteiger partial charge is 0.244 e. The van der Waals surface area contributed by atoms with E-state index in [2.05, 4.69) is 17.4 Å². The van der Waals surface area contributed by atoms with Crippen LogP contribution in [0.4, 0.5) is 5.69 Å². The lowest BCUT2D eigenvalue weighted by Crippen LogP contribution is -2.52. The first-order chi connectivity index (χ1) is 20.4. The Hall–Kier alpha value is -2.87. The van der Waals surface area contributed by atoms with Crippen molar-refractivity contribution in [1.29, 1.82) is 0 Å². The van der Waals surface area contributed by atoms with Crippen molar-refractivity contribution < 1.29 is 18.0 Å². The number of nitrogens with one attached hydrogen (secondary N) is 1. The number of rotatable bonds is 12. The summed E-state index contributed by atoms with van der Waals surface area (Å²) < 4.78 is 27.4. The van der Waals surface area contributed by atoms with Gasteiger partial charge in [-0.2, -0.15) is 0 Å². The molecule has 0 radical (unpaired) electrons. The van der Waals surface area contributed by atoms with Gasteiger partial charge in [-0.25, -0.2) is 8.42 Å². The van der Waals surface area contributed by atoms with Gasteiger partial charge in [-0.1, -0.05) is 62.7 Å². The van der Waals surface area contributed by atoms with Gasteiger partial charge < -0.3 is 10.2 Å². The van der Waals surface area contributed by atoms with Crippen molar-refractivity contribution in [2.45, 2.75) is 90.6 Å². The van der Waals surface area contributed by atoms with Gasteiger partial charge in [0, 0.05) is 13.1 Å². The van der Waals surface area contributed by atoms with E-state index < -0.39 is 22.0 Å². The molecule has 0 heterocycles. The summed E-state index contributed by atoms with van der Waals surface area (Å²) >= 11 is 0. The molecule has 1 atom stereocenters. The first-order valence-electron chi connectivity index (χ1n) is 16.1. The summed E-state index contributed by atoms with van der Waals surface area (Å²) in [5.74, 6) is 2.11. The molecular formula is C35H49N3O4S. The predicted octanol–water partition coefficient (Wildman–Crippen LogP) is 5.81. The second-order valence-corrected chi connectivity index (χ2v) is 16.0. The number of hydrogen-bond donors (Lipinski definition) is 1. The van der Waals surface area contributed by atoms with Crippen molar-refractivity contribution in [2.75, 3.05) is 23.7 Å². The third-order valence-electron chi connectivity index (χ3n) is 9.99. The molecule has 7 nitrogen and oxygen atoms in total. The average Bonchev–Trinajstić information content (AvgIpc) is 2.93. The van der Waals surface area contributed by atoms with Gasteiger partial charge in [0.2, 0.25) is 21.8 Å². The minimum absolute atomic E-state index is 0.210. The topological polar surface area (TPSA) is 86.8 Å². The highest BCUT2D eigenvalue weighted by atomic mass is 32.2. The number of aryl methyl sites for hydroxylation is 1. The highest BCUT2D eigenvalue weighted by molar-refractivity contribution is 7.92. The van der Waals surface area contributed by atoms with Crippen LogP contribution in [0.2, 0.25) is 0 Å². The van der Waals surface area contributed by atoms with Crippen LogP contribution in [-0.4, -0.2) is 50.5 Å². The lowest BCUT2D eigenvalue weighted by Gasteiger charge is -2.57. The van der Waals surface area contributed by atoms with Gasteiger partial charge in [-0.3, -0.25) is 13.9 Å². The molecule has 0 unspecified atom stereocenters. The van der Waals surface area contributed by atoms with Crippen molar-refractivity contribution in [2.24, 2.45) is 23.7 Å². The van der Waals surface area contributed by atoms with Crippen molar-refractivity contribution in [1.82, 2.24) is 10.2 Å². The monoisotopic (exact) mass is 607 g/mol. The summed E-state index contributed by atoms with van der Waals surface area (Å²) in [6.45, 7) is 8.28. The van der Waals surface area contributed by atoms with E-state index in [1.54, 1.807) is 4.90 Å². The van der Waals surface area contributed by atoms with Crippen molar-refractivity contribution >= 4 is 27.5 Å². The average molecular weight is 608 g/mol. The Balaban J connectivity index is 1.40. The lowest BCUT2D eigenvalue weighted by atomic mass is 9.48. The Labute approximate surface area is 258 Å². The molecule has 2 amide bonds. The molecule has 1 N–H and O–H groups in total. The van der Waals surface area contributed by atoms with Gasteiger partial charge in [-0.05, 0) is 104 Å². The number of carbonyl (C=O) groups excluding carboxylic acids is 2. The number of sulfonamides is 1. The quantitative estimate of drug-likeness (QED) is 0.330. The molecule has 8 heteroatoms. The van der Waals surface area contributed by atoms with E-state index in [9.17, 15) is 18.0 Å². The highest BCUT2D eigenvalue weighted by Gasteiger charge is 2.51. The Kier molecular flexibility index (Phi) is 9.26. The zero-order chi connectivity index (χ0) is 30.9. The van der Waals surface area contributed by atoms with E-state index in [4.69, 9.17) is 0 Å². The molecule has 4 aliphatic rings. The zero-order valence-electron chi connectivity index (χ0n) is 26.5. The summed E-state index contributed by atoms with van der Waals surface area (Å²) in [6, 6.07) is 15.1. The fourth-order valence-corrected chi connectivity index (χ4v) is 9.26. The van der Waals surface area contributed by atoms with Crippen LogP contribution in [0.3, 0.4) is 0 Å². The Morgan fingerprint density at radius 1 is 0.977 bits per heavy atom. The van der Waals surface area contributed by atoms with Gasteiger partial charge in [0.1, 0.15) is 12.6 Å². The molecule has 2 aromatic rings. The fraction of sp³-hybridized carbons (Fsp3) is 0.600. The van der Waals surface area contributed by atoms with E-state index >= 15 is 0 Å². The number of amides is 2. The maximum absolute atomic E-state index is 14.0. The molecule has 4 bridgehead atoms. The summed E-state index contributed by atoms with van der Waals surface area (Å²) in [7, 11) is -3.77. The molecule has 4 saturated carbocycles. The second kappa shape index (κ2) is 12.6. The van der Waals surface area contributed by atoms with E-state index in [1.807, 2.05) is 64.1 Å². The molecule has 0 aromatic heterocycles. The highest BCUT2D eigenvalue weighted by Crippen LogP contribution is 2.60. The van der Waals surface area contributed by atoms with Crippen molar-refractivity contribution in [3.05, 3.63) is 65.2 Å². The van der Waals surface area contributed by atoms with Crippen LogP contribution >= 0.6 is 0 Å². The van der Waals surface area contributed by atoms with Crippen LogP contribution in [0, 0.1) is 30.6 Å². The second-order valence-electron chi connectivity index (χ2n) is 14.1. The summed E-state index contributed by atoms with van der Waals surface area (Å²) in [6.07, 6.45) is 9.37. The van der Waals surface area contributed by atoms with Crippen LogP contribution in [0.25, 0.3) is 0 Å². The first-order valence-corrected chi connectivity index (χ1v) is 17.9. The lowest BCUT2D eigenvalue weighted by molar-refractivity contribution is -0.140. The van der Waals surface area contributed by atoms with Gasteiger partial charge in [-0.15, -0.1) is 0 Å². The molecule has 234 valence electrons. The number of nitrogens with zero attached hydrogens (tertiary/aromatic N) is 2. The summed E-state index contributed by atoms with van der Waals surface area (Å²) in [5, 5.41) is 2.98. The maximum atomic E-state index is 14.0. The molecule has 0 aliphatic heterocycles. The van der Waals surface area contributed by atoms with Crippen molar-refractivity contribution in [3.63, 3.8) is 0 Å². The molecule has 4 aliphatic carbocycles. The van der Waals surface area contributed by atoms with Crippen LogP contribution in [0.15, 0.2) is 48.5 Å². The maximum Gasteiger partial charge on any atom is 0.244 e. The minimum atomic E-state index is -3.77. The molecule has 0 spiro atoms. The number of carbonyl (C=O) groups is 2. The predicted molar refractivity (Wildman–Crippen MR) is 172 cm³/mol. The molecule has 43 heavy (non-hydrogen) atoms. The normalized spacial score (nSPS) is 25.0. The van der Waals surface area contributed by atoms with Gasteiger partial charge in [0.05, 0.1) is 11.9 Å². The van der Waals surface area contributed by atoms with E-state index in [1.165, 1.54) is 48.4 Å². The molecule has 6 rings (SSSR count). The molecule has 0 saturated heterocycles. The van der Waals surface area contributed by atoms with E-state index in [0.717, 1.165) is 35.1 Å². The van der Waals surface area contributed by atoms with E-state index in [-0.39, 0.29) is 30.3 Å². The van der Waals surface area contributed by atoms with Crippen LogP contribution in [0.5, 0.6) is 0 Å². The Morgan fingerprint density at radius 2 is 1.58 bits per heavy atom.